The van der Waals surface area contributed by atoms with E-state index in [1.54, 1.807) is 12.1 Å². The Morgan fingerprint density at radius 1 is 0.974 bits per heavy atom. The Balaban J connectivity index is 0.00000176. The van der Waals surface area contributed by atoms with E-state index in [1.807, 2.05) is 24.3 Å². The van der Waals surface area contributed by atoms with Crippen LogP contribution < -0.4 is 0 Å². The van der Waals surface area contributed by atoms with Gasteiger partial charge in [-0.25, -0.2) is 14.8 Å². The van der Waals surface area contributed by atoms with E-state index in [2.05, 4.69) is 53.4 Å². The number of rotatable bonds is 6. The first kappa shape index (κ1) is 28.4. The zero-order chi connectivity index (χ0) is 25.5. The molecule has 1 aliphatic rings. The summed E-state index contributed by atoms with van der Waals surface area (Å²) < 4.78 is 4.61. The van der Waals surface area contributed by atoms with E-state index in [4.69, 9.17) is 9.97 Å². The summed E-state index contributed by atoms with van der Waals surface area (Å²) in [6.45, 7) is 6.02. The van der Waals surface area contributed by atoms with Crippen molar-refractivity contribution in [2.45, 2.75) is 52.6 Å². The third kappa shape index (κ3) is 5.32. The van der Waals surface area contributed by atoms with Crippen molar-refractivity contribution in [2.75, 3.05) is 0 Å². The van der Waals surface area contributed by atoms with Crippen LogP contribution >= 0.6 is 24.8 Å². The Morgan fingerprint density at radius 3 is 2.46 bits per heavy atom. The molecule has 6 nitrogen and oxygen atoms in total. The standard InChI is InChI=1S/C31H30N4O2.2ClH/c1-3-28-33-30-20(2)16-23(26-19-34-15-7-6-10-29(34)32-26)17-27(30)35(28)18-21-11-13-22(14-12-21)24-8-4-5-9-25(24)31(36)37;;/h4-5,8-9,11-14,16-17,19H,3,6-7,10,15,18H2,1-2H3,(H,36,37);2*1H. The fourth-order valence-electron chi connectivity index (χ4n) is 5.48. The molecule has 39 heavy (non-hydrogen) atoms. The molecule has 0 radical (unpaired) electrons. The molecule has 0 fully saturated rings. The smallest absolute Gasteiger partial charge is 0.336 e. The van der Waals surface area contributed by atoms with Gasteiger partial charge < -0.3 is 14.2 Å². The number of aromatic nitrogens is 4. The van der Waals surface area contributed by atoms with E-state index in [0.29, 0.717) is 12.1 Å². The van der Waals surface area contributed by atoms with Gasteiger partial charge in [0.05, 0.1) is 22.3 Å². The number of carboxylic acid groups (broad SMARTS) is 1. The Labute approximate surface area is 240 Å². The van der Waals surface area contributed by atoms with E-state index in [9.17, 15) is 9.90 Å². The van der Waals surface area contributed by atoms with Crippen LogP contribution in [0, 0.1) is 6.92 Å². The maximum absolute atomic E-state index is 11.7. The second kappa shape index (κ2) is 11.6. The number of hydrogen-bond acceptors (Lipinski definition) is 3. The number of halogens is 2. The van der Waals surface area contributed by atoms with Crippen LogP contribution in [0.3, 0.4) is 0 Å². The van der Waals surface area contributed by atoms with Crippen molar-refractivity contribution < 1.29 is 9.90 Å². The lowest BCUT2D eigenvalue weighted by Gasteiger charge is -2.11. The summed E-state index contributed by atoms with van der Waals surface area (Å²) in [5.74, 6) is 1.33. The lowest BCUT2D eigenvalue weighted by Crippen LogP contribution is -2.08. The first-order valence-corrected chi connectivity index (χ1v) is 13.0. The summed E-state index contributed by atoms with van der Waals surface area (Å²) in [4.78, 5) is 21.6. The van der Waals surface area contributed by atoms with Gasteiger partial charge in [0.1, 0.15) is 11.6 Å². The molecular weight excluding hydrogens is 531 g/mol. The Bertz CT molecular complexity index is 1610. The predicted octanol–water partition coefficient (Wildman–Crippen LogP) is 7.36. The number of aromatic carboxylic acids is 1. The maximum Gasteiger partial charge on any atom is 0.336 e. The number of imidazole rings is 2. The average Bonchev–Trinajstić information content (AvgIpc) is 3.51. The summed E-state index contributed by atoms with van der Waals surface area (Å²) in [5, 5.41) is 9.57. The van der Waals surface area contributed by atoms with Crippen molar-refractivity contribution in [1.29, 1.82) is 0 Å². The highest BCUT2D eigenvalue weighted by Crippen LogP contribution is 2.30. The van der Waals surface area contributed by atoms with Gasteiger partial charge in [-0.3, -0.25) is 0 Å². The normalized spacial score (nSPS) is 12.5. The van der Waals surface area contributed by atoms with Crippen molar-refractivity contribution in [3.8, 4) is 22.4 Å². The Kier molecular flexibility index (Phi) is 8.48. The van der Waals surface area contributed by atoms with Crippen molar-refractivity contribution >= 4 is 41.8 Å². The van der Waals surface area contributed by atoms with Crippen molar-refractivity contribution in [2.24, 2.45) is 0 Å². The van der Waals surface area contributed by atoms with Gasteiger partial charge in [-0.1, -0.05) is 49.4 Å². The van der Waals surface area contributed by atoms with Gasteiger partial charge in [0, 0.05) is 37.7 Å². The fourth-order valence-corrected chi connectivity index (χ4v) is 5.48. The van der Waals surface area contributed by atoms with E-state index in [1.165, 1.54) is 18.7 Å². The lowest BCUT2D eigenvalue weighted by molar-refractivity contribution is 0.0697. The third-order valence-corrected chi connectivity index (χ3v) is 7.41. The minimum atomic E-state index is -0.915. The molecule has 0 aliphatic carbocycles. The van der Waals surface area contributed by atoms with Gasteiger partial charge in [0.2, 0.25) is 0 Å². The van der Waals surface area contributed by atoms with Crippen molar-refractivity contribution in [3.63, 3.8) is 0 Å². The molecule has 202 valence electrons. The van der Waals surface area contributed by atoms with Crippen LogP contribution in [0.4, 0.5) is 0 Å². The molecule has 3 aromatic carbocycles. The topological polar surface area (TPSA) is 72.9 Å². The lowest BCUT2D eigenvalue weighted by atomic mass is 9.98. The zero-order valence-electron chi connectivity index (χ0n) is 22.1. The molecule has 3 heterocycles. The van der Waals surface area contributed by atoms with Gasteiger partial charge >= 0.3 is 5.97 Å². The van der Waals surface area contributed by atoms with E-state index >= 15 is 0 Å². The van der Waals surface area contributed by atoms with Crippen LogP contribution in [0.25, 0.3) is 33.4 Å². The summed E-state index contributed by atoms with van der Waals surface area (Å²) in [7, 11) is 0. The van der Waals surface area contributed by atoms with Gasteiger partial charge in [-0.15, -0.1) is 24.8 Å². The molecule has 1 N–H and O–H groups in total. The van der Waals surface area contributed by atoms with Crippen LogP contribution in [0.15, 0.2) is 66.9 Å². The van der Waals surface area contributed by atoms with Gasteiger partial charge in [-0.05, 0) is 60.2 Å². The zero-order valence-corrected chi connectivity index (χ0v) is 23.7. The van der Waals surface area contributed by atoms with E-state index in [0.717, 1.165) is 69.8 Å². The maximum atomic E-state index is 11.7. The largest absolute Gasteiger partial charge is 0.478 e. The number of fused-ring (bicyclic) bond motifs is 2. The Morgan fingerprint density at radius 2 is 1.74 bits per heavy atom. The van der Waals surface area contributed by atoms with Crippen LogP contribution in [0.1, 0.15) is 52.9 Å². The second-order valence-corrected chi connectivity index (χ2v) is 9.87. The molecule has 2 aromatic heterocycles. The molecular formula is C31H32Cl2N4O2. The minimum absolute atomic E-state index is 0. The molecule has 1 aliphatic heterocycles. The quantitative estimate of drug-likeness (QED) is 0.234. The molecule has 5 aromatic rings. The van der Waals surface area contributed by atoms with Crippen LogP contribution in [-0.4, -0.2) is 30.2 Å². The van der Waals surface area contributed by atoms with E-state index in [-0.39, 0.29) is 24.8 Å². The molecule has 0 amide bonds. The van der Waals surface area contributed by atoms with Gasteiger partial charge in [-0.2, -0.15) is 0 Å². The number of hydrogen-bond donors (Lipinski definition) is 1. The molecule has 0 saturated carbocycles. The summed E-state index contributed by atoms with van der Waals surface area (Å²) in [6, 6.07) is 19.8. The van der Waals surface area contributed by atoms with Gasteiger partial charge in [0.15, 0.2) is 0 Å². The van der Waals surface area contributed by atoms with Crippen LogP contribution in [0.2, 0.25) is 0 Å². The van der Waals surface area contributed by atoms with Crippen LogP contribution in [-0.2, 0) is 25.9 Å². The molecule has 0 bridgehead atoms. The summed E-state index contributed by atoms with van der Waals surface area (Å²) in [5.41, 5.74) is 8.58. The Hall–Kier alpha value is -3.61. The number of carboxylic acids is 1. The average molecular weight is 564 g/mol. The summed E-state index contributed by atoms with van der Waals surface area (Å²) in [6.07, 6.45) is 6.51. The van der Waals surface area contributed by atoms with Crippen molar-refractivity contribution in [3.05, 3.63) is 95.2 Å². The number of carbonyl (C=O) groups is 1. The highest BCUT2D eigenvalue weighted by molar-refractivity contribution is 5.96. The molecule has 0 atom stereocenters. The molecule has 0 saturated heterocycles. The number of aryl methyl sites for hydroxylation is 4. The predicted molar refractivity (Wildman–Crippen MR) is 160 cm³/mol. The van der Waals surface area contributed by atoms with Crippen LogP contribution in [0.5, 0.6) is 0 Å². The highest BCUT2D eigenvalue weighted by Gasteiger charge is 2.18. The molecule has 0 unspecified atom stereocenters. The second-order valence-electron chi connectivity index (χ2n) is 9.87. The van der Waals surface area contributed by atoms with Gasteiger partial charge in [0.25, 0.3) is 0 Å². The summed E-state index contributed by atoms with van der Waals surface area (Å²) >= 11 is 0. The monoisotopic (exact) mass is 562 g/mol. The number of benzene rings is 3. The highest BCUT2D eigenvalue weighted by atomic mass is 35.5. The SMILES string of the molecule is CCc1nc2c(C)cc(-c3cn4c(n3)CCCC4)cc2n1Cc1ccc(-c2ccccc2C(=O)O)cc1.Cl.Cl. The molecule has 0 spiro atoms. The molecule has 8 heteroatoms. The van der Waals surface area contributed by atoms with Crippen molar-refractivity contribution in [1.82, 2.24) is 19.1 Å². The number of nitrogens with zero attached hydrogens (tertiary/aromatic N) is 4. The molecule has 6 rings (SSSR count). The first-order chi connectivity index (χ1) is 18.0. The fraction of sp³-hybridized carbons (Fsp3) is 0.258. The first-order valence-electron chi connectivity index (χ1n) is 13.0. The van der Waals surface area contributed by atoms with E-state index < -0.39 is 5.97 Å². The third-order valence-electron chi connectivity index (χ3n) is 7.41. The minimum Gasteiger partial charge on any atom is -0.478 e.